The molecule has 5 rings (SSSR count). The Morgan fingerprint density at radius 1 is 1.09 bits per heavy atom. The van der Waals surface area contributed by atoms with Crippen molar-refractivity contribution in [2.45, 2.75) is 6.54 Å². The lowest BCUT2D eigenvalue weighted by Crippen LogP contribution is -2.29. The van der Waals surface area contributed by atoms with E-state index in [9.17, 15) is 9.59 Å². The van der Waals surface area contributed by atoms with Gasteiger partial charge in [-0.05, 0) is 36.4 Å². The van der Waals surface area contributed by atoms with Gasteiger partial charge in [-0.15, -0.1) is 0 Å². The highest BCUT2D eigenvalue weighted by Crippen LogP contribution is 2.29. The average Bonchev–Trinajstić information content (AvgIpc) is 3.52. The summed E-state index contributed by atoms with van der Waals surface area (Å²) in [7, 11) is 3.04. The Kier molecular flexibility index (Phi) is 5.02. The second kappa shape index (κ2) is 8.15. The second-order valence-electron chi connectivity index (χ2n) is 7.16. The second-order valence-corrected chi connectivity index (χ2v) is 7.16. The van der Waals surface area contributed by atoms with E-state index in [1.54, 1.807) is 61.8 Å². The van der Waals surface area contributed by atoms with E-state index in [1.165, 1.54) is 22.5 Å². The summed E-state index contributed by atoms with van der Waals surface area (Å²) in [6, 6.07) is 13.6. The van der Waals surface area contributed by atoms with Crippen LogP contribution in [0.1, 0.15) is 0 Å². The van der Waals surface area contributed by atoms with Crippen molar-refractivity contribution in [3.05, 3.63) is 71.3 Å². The Bertz CT molecular complexity index is 1530. The van der Waals surface area contributed by atoms with E-state index >= 15 is 0 Å². The molecule has 1 N–H and O–H groups in total. The first kappa shape index (κ1) is 20.3. The number of methoxy groups -OCH3 is 2. The third-order valence-electron chi connectivity index (χ3n) is 5.19. The van der Waals surface area contributed by atoms with Crippen molar-refractivity contribution in [1.29, 1.82) is 0 Å². The minimum absolute atomic E-state index is 0.228. The minimum Gasteiger partial charge on any atom is -0.497 e. The number of carbonyl (C=O) groups excluding carboxylic acids is 1. The number of amides is 1. The fourth-order valence-corrected chi connectivity index (χ4v) is 3.64. The minimum atomic E-state index is -0.402. The molecule has 0 radical (unpaired) electrons. The van der Waals surface area contributed by atoms with Gasteiger partial charge in [0, 0.05) is 18.3 Å². The van der Waals surface area contributed by atoms with Gasteiger partial charge in [-0.3, -0.25) is 14.2 Å². The molecule has 0 spiro atoms. The fraction of sp³-hybridized carbons (Fsp3) is 0.130. The zero-order valence-corrected chi connectivity index (χ0v) is 17.8. The summed E-state index contributed by atoms with van der Waals surface area (Å²) in [5.41, 5.74) is 1.78. The maximum atomic E-state index is 13.3. The number of hydrogen-bond acceptors (Lipinski definition) is 7. The highest BCUT2D eigenvalue weighted by atomic mass is 16.5. The molecule has 10 heteroatoms. The van der Waals surface area contributed by atoms with E-state index in [0.717, 1.165) is 0 Å². The Labute approximate surface area is 187 Å². The van der Waals surface area contributed by atoms with Crippen LogP contribution in [0.3, 0.4) is 0 Å². The third kappa shape index (κ3) is 3.57. The number of carbonyl (C=O) groups is 1. The average molecular weight is 445 g/mol. The van der Waals surface area contributed by atoms with Crippen molar-refractivity contribution in [2.75, 3.05) is 19.5 Å². The summed E-state index contributed by atoms with van der Waals surface area (Å²) in [4.78, 5) is 30.6. The van der Waals surface area contributed by atoms with Crippen molar-refractivity contribution < 1.29 is 18.7 Å². The number of benzene rings is 1. The molecule has 166 valence electrons. The van der Waals surface area contributed by atoms with E-state index in [4.69, 9.17) is 13.9 Å². The molecule has 10 nitrogen and oxygen atoms in total. The van der Waals surface area contributed by atoms with E-state index < -0.39 is 5.91 Å². The van der Waals surface area contributed by atoms with E-state index in [0.29, 0.717) is 39.8 Å². The lowest BCUT2D eigenvalue weighted by atomic mass is 10.2. The predicted octanol–water partition coefficient (Wildman–Crippen LogP) is 2.96. The lowest BCUT2D eigenvalue weighted by molar-refractivity contribution is -0.116. The van der Waals surface area contributed by atoms with Crippen LogP contribution in [-0.2, 0) is 11.3 Å². The van der Waals surface area contributed by atoms with Gasteiger partial charge in [-0.25, -0.2) is 9.50 Å². The molecule has 1 aromatic carbocycles. The number of pyridine rings is 1. The highest BCUT2D eigenvalue weighted by Gasteiger charge is 2.18. The van der Waals surface area contributed by atoms with Gasteiger partial charge in [-0.1, -0.05) is 0 Å². The molecule has 0 aliphatic heterocycles. The number of aromatic nitrogens is 4. The fourth-order valence-electron chi connectivity index (χ4n) is 3.64. The van der Waals surface area contributed by atoms with Crippen LogP contribution in [0.25, 0.3) is 28.1 Å². The zero-order chi connectivity index (χ0) is 22.9. The molecule has 0 fully saturated rings. The van der Waals surface area contributed by atoms with E-state index in [1.807, 2.05) is 0 Å². The summed E-state index contributed by atoms with van der Waals surface area (Å²) in [5.74, 6) is 1.16. The van der Waals surface area contributed by atoms with Gasteiger partial charge >= 0.3 is 0 Å². The van der Waals surface area contributed by atoms with Crippen LogP contribution in [0.5, 0.6) is 11.5 Å². The largest absolute Gasteiger partial charge is 0.497 e. The standard InChI is InChI=1S/C23H19N5O5/c1-31-14-7-8-15(20(11-14)32-2)25-21(29)13-27-17-5-3-9-24-22(17)28-18(23(27)30)12-16(26-28)19-6-4-10-33-19/h3-12H,13H2,1-2H3,(H,25,29). The number of anilines is 1. The molecule has 33 heavy (non-hydrogen) atoms. The molecule has 0 aliphatic carbocycles. The Morgan fingerprint density at radius 2 is 1.97 bits per heavy atom. The van der Waals surface area contributed by atoms with Crippen LogP contribution in [-0.4, -0.2) is 39.3 Å². The summed E-state index contributed by atoms with van der Waals surface area (Å²) < 4.78 is 18.8. The number of nitrogens with one attached hydrogen (secondary N) is 1. The first-order chi connectivity index (χ1) is 16.1. The number of fused-ring (bicyclic) bond motifs is 3. The monoisotopic (exact) mass is 445 g/mol. The molecule has 0 aliphatic rings. The maximum absolute atomic E-state index is 13.3. The predicted molar refractivity (Wildman–Crippen MR) is 121 cm³/mol. The molecule has 4 heterocycles. The third-order valence-corrected chi connectivity index (χ3v) is 5.19. The normalized spacial score (nSPS) is 11.1. The van der Waals surface area contributed by atoms with Crippen LogP contribution < -0.4 is 20.3 Å². The van der Waals surface area contributed by atoms with Crippen LogP contribution in [0, 0.1) is 0 Å². The number of furan rings is 1. The van der Waals surface area contributed by atoms with Gasteiger partial charge in [0.1, 0.15) is 29.3 Å². The van der Waals surface area contributed by atoms with E-state index in [-0.39, 0.29) is 17.6 Å². The first-order valence-corrected chi connectivity index (χ1v) is 10.0. The molecule has 0 saturated carbocycles. The molecule has 0 bridgehead atoms. The highest BCUT2D eigenvalue weighted by molar-refractivity contribution is 5.93. The first-order valence-electron chi connectivity index (χ1n) is 10.0. The molecule has 5 aromatic rings. The summed E-state index contributed by atoms with van der Waals surface area (Å²) >= 11 is 0. The SMILES string of the molecule is COc1ccc(NC(=O)Cn2c(=O)c3cc(-c4ccco4)nn3c3ncccc32)c(OC)c1. The molecular weight excluding hydrogens is 426 g/mol. The summed E-state index contributed by atoms with van der Waals surface area (Å²) in [5, 5.41) is 7.28. The van der Waals surface area contributed by atoms with Gasteiger partial charge in [-0.2, -0.15) is 5.10 Å². The quantitative estimate of drug-likeness (QED) is 0.428. The van der Waals surface area contributed by atoms with Gasteiger partial charge in [0.05, 0.1) is 31.7 Å². The smallest absolute Gasteiger partial charge is 0.277 e. The zero-order valence-electron chi connectivity index (χ0n) is 17.8. The molecule has 0 unspecified atom stereocenters. The van der Waals surface area contributed by atoms with Crippen LogP contribution >= 0.6 is 0 Å². The molecule has 1 amide bonds. The Morgan fingerprint density at radius 3 is 2.73 bits per heavy atom. The van der Waals surface area contributed by atoms with Crippen LogP contribution in [0.4, 0.5) is 5.69 Å². The topological polar surface area (TPSA) is 113 Å². The van der Waals surface area contributed by atoms with Crippen LogP contribution in [0.15, 0.2) is 70.2 Å². The number of ether oxygens (including phenoxy) is 2. The van der Waals surface area contributed by atoms with Crippen LogP contribution in [0.2, 0.25) is 0 Å². The van der Waals surface area contributed by atoms with Crippen molar-refractivity contribution >= 4 is 28.3 Å². The molecule has 0 atom stereocenters. The molecule has 4 aromatic heterocycles. The van der Waals surface area contributed by atoms with Gasteiger partial charge in [0.25, 0.3) is 5.56 Å². The van der Waals surface area contributed by atoms with Crippen molar-refractivity contribution in [2.24, 2.45) is 0 Å². The summed E-state index contributed by atoms with van der Waals surface area (Å²) in [6.45, 7) is -0.228. The van der Waals surface area contributed by atoms with Crippen molar-refractivity contribution in [3.8, 4) is 23.0 Å². The van der Waals surface area contributed by atoms with Crippen molar-refractivity contribution in [1.82, 2.24) is 19.2 Å². The Balaban J connectivity index is 1.56. The summed E-state index contributed by atoms with van der Waals surface area (Å²) in [6.07, 6.45) is 3.14. The number of rotatable bonds is 6. The number of nitrogens with zero attached hydrogens (tertiary/aromatic N) is 4. The lowest BCUT2D eigenvalue weighted by Gasteiger charge is -2.13. The van der Waals surface area contributed by atoms with Gasteiger partial charge in [0.15, 0.2) is 11.4 Å². The van der Waals surface area contributed by atoms with Crippen molar-refractivity contribution in [3.63, 3.8) is 0 Å². The molecule has 0 saturated heterocycles. The van der Waals surface area contributed by atoms with Gasteiger partial charge < -0.3 is 19.2 Å². The molecular formula is C23H19N5O5. The van der Waals surface area contributed by atoms with Gasteiger partial charge in [0.2, 0.25) is 5.91 Å². The Hall–Kier alpha value is -4.60. The number of hydrogen-bond donors (Lipinski definition) is 1. The maximum Gasteiger partial charge on any atom is 0.277 e. The van der Waals surface area contributed by atoms with E-state index in [2.05, 4.69) is 15.4 Å².